The second-order valence-corrected chi connectivity index (χ2v) is 5.42. The third-order valence-electron chi connectivity index (χ3n) is 3.35. The number of carboxylic acid groups (broad SMARTS) is 1. The van der Waals surface area contributed by atoms with Gasteiger partial charge in [-0.25, -0.2) is 0 Å². The first-order valence-corrected chi connectivity index (χ1v) is 7.12. The van der Waals surface area contributed by atoms with Crippen LogP contribution in [0.15, 0.2) is 0 Å². The van der Waals surface area contributed by atoms with Crippen LogP contribution in [0.5, 0.6) is 0 Å². The van der Waals surface area contributed by atoms with Crippen molar-refractivity contribution in [1.82, 2.24) is 15.5 Å². The zero-order valence-electron chi connectivity index (χ0n) is 12.5. The summed E-state index contributed by atoms with van der Waals surface area (Å²) in [7, 11) is 0. The van der Waals surface area contributed by atoms with Crippen LogP contribution in [0.1, 0.15) is 26.7 Å². The van der Waals surface area contributed by atoms with Crippen LogP contribution in [0.3, 0.4) is 0 Å². The average molecular weight is 300 g/mol. The lowest BCUT2D eigenvalue weighted by atomic mass is 10.2. The van der Waals surface area contributed by atoms with Crippen LogP contribution in [-0.2, 0) is 14.4 Å². The van der Waals surface area contributed by atoms with E-state index in [9.17, 15) is 14.4 Å². The van der Waals surface area contributed by atoms with Gasteiger partial charge in [0.2, 0.25) is 11.8 Å². The van der Waals surface area contributed by atoms with Crippen molar-refractivity contribution < 1.29 is 19.5 Å². The van der Waals surface area contributed by atoms with Crippen LogP contribution >= 0.6 is 0 Å². The van der Waals surface area contributed by atoms with Crippen LogP contribution < -0.4 is 16.4 Å². The Morgan fingerprint density at radius 2 is 2.05 bits per heavy atom. The van der Waals surface area contributed by atoms with Gasteiger partial charge in [0.25, 0.3) is 0 Å². The van der Waals surface area contributed by atoms with E-state index in [4.69, 9.17) is 10.8 Å². The third kappa shape index (κ3) is 5.31. The second kappa shape index (κ2) is 7.94. The molecule has 2 amide bonds. The minimum atomic E-state index is -1.10. The molecule has 120 valence electrons. The number of carbonyl (C=O) groups is 3. The van der Waals surface area contributed by atoms with E-state index in [0.29, 0.717) is 19.5 Å². The molecule has 5 N–H and O–H groups in total. The fourth-order valence-electron chi connectivity index (χ4n) is 2.22. The number of amides is 2. The average Bonchev–Trinajstić information content (AvgIpc) is 2.87. The summed E-state index contributed by atoms with van der Waals surface area (Å²) in [6.07, 6.45) is 1.29. The Morgan fingerprint density at radius 1 is 1.38 bits per heavy atom. The lowest BCUT2D eigenvalue weighted by Crippen LogP contribution is -2.51. The van der Waals surface area contributed by atoms with E-state index < -0.39 is 24.0 Å². The van der Waals surface area contributed by atoms with Gasteiger partial charge in [-0.2, -0.15) is 0 Å². The van der Waals surface area contributed by atoms with Crippen LogP contribution in [0.4, 0.5) is 0 Å². The van der Waals surface area contributed by atoms with Gasteiger partial charge < -0.3 is 26.4 Å². The third-order valence-corrected chi connectivity index (χ3v) is 3.35. The first-order valence-electron chi connectivity index (χ1n) is 7.12. The number of likely N-dealkylation sites (tertiary alicyclic amines) is 1. The van der Waals surface area contributed by atoms with Gasteiger partial charge in [-0.05, 0) is 26.7 Å². The SMILES string of the molecule is CC(N)CNCC(=O)N1CCC[C@H]1C(=O)NC(C)C(=O)O. The molecule has 1 aliphatic rings. The summed E-state index contributed by atoms with van der Waals surface area (Å²) in [5, 5.41) is 14.1. The molecule has 0 aliphatic carbocycles. The maximum absolute atomic E-state index is 12.1. The molecule has 0 aromatic heterocycles. The molecule has 1 saturated heterocycles. The molecule has 21 heavy (non-hydrogen) atoms. The minimum absolute atomic E-state index is 0.0492. The van der Waals surface area contributed by atoms with Gasteiger partial charge in [0.15, 0.2) is 0 Å². The summed E-state index contributed by atoms with van der Waals surface area (Å²) in [5.74, 6) is -1.68. The fourth-order valence-corrected chi connectivity index (χ4v) is 2.22. The van der Waals surface area contributed by atoms with Crippen molar-refractivity contribution in [2.75, 3.05) is 19.6 Å². The Hall–Kier alpha value is -1.67. The van der Waals surface area contributed by atoms with Crippen molar-refractivity contribution in [1.29, 1.82) is 0 Å². The number of nitrogens with zero attached hydrogens (tertiary/aromatic N) is 1. The molecule has 3 atom stereocenters. The molecule has 0 aromatic carbocycles. The molecule has 1 rings (SSSR count). The quantitative estimate of drug-likeness (QED) is 0.454. The van der Waals surface area contributed by atoms with Crippen molar-refractivity contribution in [2.24, 2.45) is 5.73 Å². The largest absolute Gasteiger partial charge is 0.480 e. The lowest BCUT2D eigenvalue weighted by molar-refractivity contribution is -0.143. The molecule has 1 fully saturated rings. The van der Waals surface area contributed by atoms with Gasteiger partial charge in [-0.1, -0.05) is 0 Å². The van der Waals surface area contributed by atoms with Crippen molar-refractivity contribution in [3.05, 3.63) is 0 Å². The highest BCUT2D eigenvalue weighted by atomic mass is 16.4. The van der Waals surface area contributed by atoms with Gasteiger partial charge in [-0.3, -0.25) is 14.4 Å². The van der Waals surface area contributed by atoms with Crippen molar-refractivity contribution in [3.63, 3.8) is 0 Å². The van der Waals surface area contributed by atoms with Gasteiger partial charge in [0.05, 0.1) is 6.54 Å². The first-order chi connectivity index (χ1) is 9.82. The van der Waals surface area contributed by atoms with E-state index in [-0.39, 0.29) is 18.5 Å². The van der Waals surface area contributed by atoms with Crippen LogP contribution in [0.25, 0.3) is 0 Å². The molecule has 0 saturated carbocycles. The molecule has 1 heterocycles. The molecule has 8 heteroatoms. The van der Waals surface area contributed by atoms with E-state index in [1.807, 2.05) is 6.92 Å². The summed E-state index contributed by atoms with van der Waals surface area (Å²) in [6.45, 7) is 4.38. The smallest absolute Gasteiger partial charge is 0.325 e. The van der Waals surface area contributed by atoms with Crippen LogP contribution in [0.2, 0.25) is 0 Å². The zero-order chi connectivity index (χ0) is 16.0. The molecule has 0 aromatic rings. The van der Waals surface area contributed by atoms with Gasteiger partial charge in [-0.15, -0.1) is 0 Å². The lowest BCUT2D eigenvalue weighted by Gasteiger charge is -2.25. The van der Waals surface area contributed by atoms with Gasteiger partial charge in [0.1, 0.15) is 12.1 Å². The normalized spacial score (nSPS) is 20.9. The summed E-state index contributed by atoms with van der Waals surface area (Å²) in [4.78, 5) is 36.4. The van der Waals surface area contributed by atoms with E-state index in [2.05, 4.69) is 10.6 Å². The number of hydrogen-bond acceptors (Lipinski definition) is 5. The summed E-state index contributed by atoms with van der Waals surface area (Å²) in [6, 6.07) is -1.60. The topological polar surface area (TPSA) is 125 Å². The van der Waals surface area contributed by atoms with Crippen LogP contribution in [-0.4, -0.2) is 65.5 Å². The number of rotatable bonds is 7. The maximum Gasteiger partial charge on any atom is 0.325 e. The highest BCUT2D eigenvalue weighted by Gasteiger charge is 2.34. The van der Waals surface area contributed by atoms with E-state index in [0.717, 1.165) is 6.42 Å². The molecule has 2 unspecified atom stereocenters. The predicted molar refractivity (Wildman–Crippen MR) is 76.5 cm³/mol. The standard InChI is InChI=1S/C13H24N4O4/c1-8(14)6-15-7-11(18)17-5-3-4-10(17)12(19)16-9(2)13(20)21/h8-10,15H,3-7,14H2,1-2H3,(H,16,19)(H,20,21)/t8?,9?,10-/m0/s1. The number of hydrogen-bond donors (Lipinski definition) is 4. The molecule has 0 spiro atoms. The molecule has 0 radical (unpaired) electrons. The number of carbonyl (C=O) groups excluding carboxylic acids is 2. The highest BCUT2D eigenvalue weighted by molar-refractivity contribution is 5.91. The Bertz CT molecular complexity index is 400. The van der Waals surface area contributed by atoms with Crippen molar-refractivity contribution in [2.45, 2.75) is 44.8 Å². The highest BCUT2D eigenvalue weighted by Crippen LogP contribution is 2.17. The number of nitrogens with two attached hydrogens (primary N) is 1. The maximum atomic E-state index is 12.1. The summed E-state index contributed by atoms with van der Waals surface area (Å²) in [5.41, 5.74) is 5.58. The summed E-state index contributed by atoms with van der Waals surface area (Å²) >= 11 is 0. The number of carboxylic acids is 1. The molecule has 0 bridgehead atoms. The Kier molecular flexibility index (Phi) is 6.57. The fraction of sp³-hybridized carbons (Fsp3) is 0.769. The van der Waals surface area contributed by atoms with Crippen LogP contribution in [0, 0.1) is 0 Å². The molecular formula is C13H24N4O4. The Morgan fingerprint density at radius 3 is 2.62 bits per heavy atom. The second-order valence-electron chi connectivity index (χ2n) is 5.42. The number of aliphatic carboxylic acids is 1. The zero-order valence-corrected chi connectivity index (χ0v) is 12.5. The van der Waals surface area contributed by atoms with E-state index in [1.54, 1.807) is 0 Å². The number of nitrogens with one attached hydrogen (secondary N) is 2. The minimum Gasteiger partial charge on any atom is -0.480 e. The van der Waals surface area contributed by atoms with Crippen molar-refractivity contribution in [3.8, 4) is 0 Å². The van der Waals surface area contributed by atoms with E-state index >= 15 is 0 Å². The summed E-state index contributed by atoms with van der Waals surface area (Å²) < 4.78 is 0. The van der Waals surface area contributed by atoms with Gasteiger partial charge in [0, 0.05) is 19.1 Å². The van der Waals surface area contributed by atoms with Crippen molar-refractivity contribution >= 4 is 17.8 Å². The molecule has 1 aliphatic heterocycles. The van der Waals surface area contributed by atoms with Gasteiger partial charge >= 0.3 is 5.97 Å². The first kappa shape index (κ1) is 17.4. The Labute approximate surface area is 124 Å². The monoisotopic (exact) mass is 300 g/mol. The van der Waals surface area contributed by atoms with E-state index in [1.165, 1.54) is 11.8 Å². The molecule has 8 nitrogen and oxygen atoms in total. The molecular weight excluding hydrogens is 276 g/mol. The predicted octanol–water partition coefficient (Wildman–Crippen LogP) is -1.50. The Balaban J connectivity index is 2.52.